The second-order valence-corrected chi connectivity index (χ2v) is 6.38. The molecule has 126 valence electrons. The van der Waals surface area contributed by atoms with Crippen molar-refractivity contribution in [2.45, 2.75) is 45.1 Å². The van der Waals surface area contributed by atoms with Crippen molar-refractivity contribution in [3.63, 3.8) is 0 Å². The van der Waals surface area contributed by atoms with E-state index < -0.39 is 0 Å². The molecule has 0 spiro atoms. The number of ether oxygens (including phenoxy) is 1. The molecule has 0 saturated carbocycles. The van der Waals surface area contributed by atoms with Gasteiger partial charge < -0.3 is 15.0 Å². The lowest BCUT2D eigenvalue weighted by Gasteiger charge is -2.33. The van der Waals surface area contributed by atoms with Gasteiger partial charge in [-0.15, -0.1) is 0 Å². The van der Waals surface area contributed by atoms with Crippen LogP contribution in [-0.4, -0.2) is 48.2 Å². The van der Waals surface area contributed by atoms with E-state index in [4.69, 9.17) is 4.74 Å². The Morgan fingerprint density at radius 3 is 2.70 bits per heavy atom. The molecule has 1 N–H and O–H groups in total. The van der Waals surface area contributed by atoms with Gasteiger partial charge in [-0.25, -0.2) is 9.97 Å². The van der Waals surface area contributed by atoms with Gasteiger partial charge in [0, 0.05) is 50.0 Å². The Labute approximate surface area is 137 Å². The van der Waals surface area contributed by atoms with Gasteiger partial charge in [0.1, 0.15) is 12.1 Å². The van der Waals surface area contributed by atoms with E-state index >= 15 is 0 Å². The molecule has 6 heteroatoms. The van der Waals surface area contributed by atoms with Crippen LogP contribution in [0.4, 0.5) is 5.82 Å². The Hall–Kier alpha value is -1.69. The Morgan fingerprint density at radius 2 is 2.00 bits per heavy atom. The van der Waals surface area contributed by atoms with Crippen molar-refractivity contribution in [3.05, 3.63) is 18.1 Å². The fourth-order valence-electron chi connectivity index (χ4n) is 3.28. The van der Waals surface area contributed by atoms with Gasteiger partial charge in [0.25, 0.3) is 0 Å². The van der Waals surface area contributed by atoms with Crippen molar-refractivity contribution in [3.8, 4) is 0 Å². The highest BCUT2D eigenvalue weighted by molar-refractivity contribution is 5.79. The number of hydrogen-bond donors (Lipinski definition) is 1. The van der Waals surface area contributed by atoms with Crippen molar-refractivity contribution in [1.82, 2.24) is 15.3 Å². The third kappa shape index (κ3) is 4.19. The maximum absolute atomic E-state index is 12.4. The molecule has 1 amide bonds. The first-order valence-electron chi connectivity index (χ1n) is 8.70. The summed E-state index contributed by atoms with van der Waals surface area (Å²) in [4.78, 5) is 23.3. The second kappa shape index (κ2) is 7.73. The van der Waals surface area contributed by atoms with E-state index in [2.05, 4.69) is 33.2 Å². The fourth-order valence-corrected chi connectivity index (χ4v) is 3.28. The number of rotatable bonds is 4. The molecule has 0 unspecified atom stereocenters. The van der Waals surface area contributed by atoms with E-state index in [1.54, 1.807) is 6.33 Å². The Balaban J connectivity index is 1.50. The van der Waals surface area contributed by atoms with E-state index in [1.807, 2.05) is 0 Å². The molecule has 0 bridgehead atoms. The van der Waals surface area contributed by atoms with Crippen LogP contribution < -0.4 is 10.2 Å². The van der Waals surface area contributed by atoms with Crippen molar-refractivity contribution in [1.29, 1.82) is 0 Å². The van der Waals surface area contributed by atoms with Crippen LogP contribution in [0.15, 0.2) is 12.4 Å². The van der Waals surface area contributed by atoms with Crippen LogP contribution in [0, 0.1) is 5.92 Å². The maximum Gasteiger partial charge on any atom is 0.223 e. The molecule has 2 aliphatic heterocycles. The molecule has 2 saturated heterocycles. The van der Waals surface area contributed by atoms with Gasteiger partial charge in [-0.2, -0.15) is 0 Å². The summed E-state index contributed by atoms with van der Waals surface area (Å²) in [6.07, 6.45) is 6.20. The van der Waals surface area contributed by atoms with Gasteiger partial charge in [-0.3, -0.25) is 4.79 Å². The second-order valence-electron chi connectivity index (χ2n) is 6.38. The monoisotopic (exact) mass is 318 g/mol. The highest BCUT2D eigenvalue weighted by atomic mass is 16.5. The first-order valence-corrected chi connectivity index (χ1v) is 8.70. The number of aromatic nitrogens is 2. The summed E-state index contributed by atoms with van der Waals surface area (Å²) >= 11 is 0. The first-order chi connectivity index (χ1) is 11.3. The molecule has 1 aromatic rings. The Kier molecular flexibility index (Phi) is 5.43. The zero-order valence-electron chi connectivity index (χ0n) is 13.8. The molecular weight excluding hydrogens is 292 g/mol. The normalized spacial score (nSPS) is 20.5. The Bertz CT molecular complexity index is 523. The molecule has 3 heterocycles. The van der Waals surface area contributed by atoms with Gasteiger partial charge in [-0.05, 0) is 32.1 Å². The lowest BCUT2D eigenvalue weighted by atomic mass is 9.95. The van der Waals surface area contributed by atoms with E-state index in [9.17, 15) is 4.79 Å². The number of carbonyl (C=O) groups is 1. The van der Waals surface area contributed by atoms with Crippen molar-refractivity contribution in [2.75, 3.05) is 31.2 Å². The minimum atomic E-state index is 0.126. The van der Waals surface area contributed by atoms with Crippen molar-refractivity contribution in [2.24, 2.45) is 5.92 Å². The molecule has 1 aromatic heterocycles. The highest BCUT2D eigenvalue weighted by Gasteiger charge is 2.27. The van der Waals surface area contributed by atoms with Crippen LogP contribution in [0.3, 0.4) is 0 Å². The molecule has 0 aliphatic carbocycles. The topological polar surface area (TPSA) is 67.4 Å². The van der Waals surface area contributed by atoms with E-state index in [1.165, 1.54) is 0 Å². The van der Waals surface area contributed by atoms with Crippen LogP contribution in [0.5, 0.6) is 0 Å². The smallest absolute Gasteiger partial charge is 0.223 e. The molecule has 0 atom stereocenters. The largest absolute Gasteiger partial charge is 0.381 e. The summed E-state index contributed by atoms with van der Waals surface area (Å²) < 4.78 is 5.34. The molecule has 0 radical (unpaired) electrons. The van der Waals surface area contributed by atoms with Crippen LogP contribution in [0.1, 0.15) is 38.3 Å². The van der Waals surface area contributed by atoms with Crippen LogP contribution in [0.25, 0.3) is 0 Å². The van der Waals surface area contributed by atoms with Gasteiger partial charge >= 0.3 is 0 Å². The number of carbonyl (C=O) groups excluding carboxylic acids is 1. The number of nitrogens with one attached hydrogen (secondary N) is 1. The third-order valence-electron chi connectivity index (χ3n) is 4.83. The van der Waals surface area contributed by atoms with Gasteiger partial charge in [-0.1, -0.05) is 6.92 Å². The van der Waals surface area contributed by atoms with Crippen molar-refractivity contribution < 1.29 is 9.53 Å². The zero-order chi connectivity index (χ0) is 16.1. The average Bonchev–Trinajstić information content (AvgIpc) is 2.63. The Morgan fingerprint density at radius 1 is 1.26 bits per heavy atom. The quantitative estimate of drug-likeness (QED) is 0.912. The summed E-state index contributed by atoms with van der Waals surface area (Å²) in [5.41, 5.74) is 1.06. The van der Waals surface area contributed by atoms with Crippen molar-refractivity contribution >= 4 is 11.7 Å². The highest BCUT2D eigenvalue weighted by Crippen LogP contribution is 2.22. The lowest BCUT2D eigenvalue weighted by Crippen LogP contribution is -2.45. The standard InChI is InChI=1S/C17H26N4O2/c1-2-14-11-16(19-12-18-14)21-7-3-13(4-8-21)17(22)20-15-5-9-23-10-6-15/h11-13,15H,2-10H2,1H3,(H,20,22). The predicted molar refractivity (Wildman–Crippen MR) is 88.3 cm³/mol. The number of hydrogen-bond acceptors (Lipinski definition) is 5. The fraction of sp³-hybridized carbons (Fsp3) is 0.706. The summed E-state index contributed by atoms with van der Waals surface area (Å²) in [6, 6.07) is 2.35. The van der Waals surface area contributed by atoms with Gasteiger partial charge in [0.15, 0.2) is 0 Å². The van der Waals surface area contributed by atoms with E-state index in [-0.39, 0.29) is 11.8 Å². The first kappa shape index (κ1) is 16.2. The average molecular weight is 318 g/mol. The van der Waals surface area contributed by atoms with E-state index in [0.717, 1.165) is 69.9 Å². The molecule has 23 heavy (non-hydrogen) atoms. The molecule has 0 aromatic carbocycles. The molecule has 6 nitrogen and oxygen atoms in total. The summed E-state index contributed by atoms with van der Waals surface area (Å²) in [7, 11) is 0. The SMILES string of the molecule is CCc1cc(N2CCC(C(=O)NC3CCOCC3)CC2)ncn1. The summed E-state index contributed by atoms with van der Waals surface area (Å²) in [6.45, 7) is 5.38. The number of piperidine rings is 1. The van der Waals surface area contributed by atoms with Gasteiger partial charge in [0.05, 0.1) is 0 Å². The molecular formula is C17H26N4O2. The zero-order valence-corrected chi connectivity index (χ0v) is 13.8. The predicted octanol–water partition coefficient (Wildman–Crippen LogP) is 1.55. The minimum absolute atomic E-state index is 0.126. The third-order valence-corrected chi connectivity index (χ3v) is 4.83. The molecule has 3 rings (SSSR count). The molecule has 2 fully saturated rings. The number of nitrogens with zero attached hydrogens (tertiary/aromatic N) is 3. The van der Waals surface area contributed by atoms with E-state index in [0.29, 0.717) is 6.04 Å². The maximum atomic E-state index is 12.4. The minimum Gasteiger partial charge on any atom is -0.381 e. The van der Waals surface area contributed by atoms with Gasteiger partial charge in [0.2, 0.25) is 5.91 Å². The number of amides is 1. The van der Waals surface area contributed by atoms with Crippen LogP contribution in [0.2, 0.25) is 0 Å². The van der Waals surface area contributed by atoms with Crippen LogP contribution in [-0.2, 0) is 16.0 Å². The summed E-state index contributed by atoms with van der Waals surface area (Å²) in [5.74, 6) is 1.33. The summed E-state index contributed by atoms with van der Waals surface area (Å²) in [5, 5.41) is 3.20. The van der Waals surface area contributed by atoms with Crippen LogP contribution >= 0.6 is 0 Å². The lowest BCUT2D eigenvalue weighted by molar-refractivity contribution is -0.126. The number of aryl methyl sites for hydroxylation is 1. The molecule has 2 aliphatic rings. The number of anilines is 1.